The molecule has 1 heterocycles. The molecule has 3 aromatic rings. The number of benzene rings is 3. The molecular formula is C27H29N3O2. The van der Waals surface area contributed by atoms with E-state index < -0.39 is 0 Å². The first-order valence-electron chi connectivity index (χ1n) is 11.2. The SMILES string of the molecule is CCCCCCc1ccc(N2N=C(c3ccccc3)C=C(c3ccccc3)N2)c(O)c1O. The van der Waals surface area contributed by atoms with Gasteiger partial charge in [0, 0.05) is 5.56 Å². The summed E-state index contributed by atoms with van der Waals surface area (Å²) in [6, 6.07) is 23.5. The van der Waals surface area contributed by atoms with Gasteiger partial charge in [-0.05, 0) is 36.1 Å². The molecule has 5 heteroatoms. The van der Waals surface area contributed by atoms with Crippen LogP contribution in [0.1, 0.15) is 49.3 Å². The van der Waals surface area contributed by atoms with Crippen LogP contribution in [0.3, 0.4) is 0 Å². The number of hydrazine groups is 1. The molecule has 0 fully saturated rings. The number of aromatic hydroxyl groups is 2. The Morgan fingerprint density at radius 2 is 1.47 bits per heavy atom. The van der Waals surface area contributed by atoms with E-state index in [1.54, 1.807) is 6.07 Å². The Bertz CT molecular complexity index is 1110. The lowest BCUT2D eigenvalue weighted by atomic mass is 10.0. The summed E-state index contributed by atoms with van der Waals surface area (Å²) in [5, 5.41) is 27.7. The zero-order chi connectivity index (χ0) is 22.3. The van der Waals surface area contributed by atoms with Crippen LogP contribution < -0.4 is 10.5 Å². The van der Waals surface area contributed by atoms with E-state index in [2.05, 4.69) is 12.3 Å². The Kier molecular flexibility index (Phi) is 6.75. The van der Waals surface area contributed by atoms with Gasteiger partial charge in [0.05, 0.1) is 11.4 Å². The molecule has 0 aliphatic carbocycles. The average Bonchev–Trinajstić information content (AvgIpc) is 2.85. The molecule has 5 nitrogen and oxygen atoms in total. The van der Waals surface area contributed by atoms with Crippen LogP contribution in [0.25, 0.3) is 5.70 Å². The summed E-state index contributed by atoms with van der Waals surface area (Å²) in [5.41, 5.74) is 7.99. The van der Waals surface area contributed by atoms with Gasteiger partial charge in [-0.3, -0.25) is 5.43 Å². The average molecular weight is 428 g/mol. The Labute approximate surface area is 189 Å². The fourth-order valence-corrected chi connectivity index (χ4v) is 3.80. The first-order chi connectivity index (χ1) is 15.7. The number of phenolic OH excluding ortho intramolecular Hbond substituents is 2. The minimum Gasteiger partial charge on any atom is -0.504 e. The van der Waals surface area contributed by atoms with Gasteiger partial charge in [0.1, 0.15) is 5.69 Å². The normalized spacial score (nSPS) is 13.3. The first-order valence-corrected chi connectivity index (χ1v) is 11.2. The van der Waals surface area contributed by atoms with Crippen molar-refractivity contribution in [2.24, 2.45) is 5.10 Å². The van der Waals surface area contributed by atoms with Crippen LogP contribution in [0, 0.1) is 0 Å². The molecule has 0 saturated carbocycles. The summed E-state index contributed by atoms with van der Waals surface area (Å²) >= 11 is 0. The van der Waals surface area contributed by atoms with Gasteiger partial charge in [0.15, 0.2) is 11.5 Å². The molecule has 4 rings (SSSR count). The molecule has 0 aromatic heterocycles. The second-order valence-corrected chi connectivity index (χ2v) is 7.95. The number of allylic oxidation sites excluding steroid dienone is 1. The fraction of sp³-hybridized carbons (Fsp3) is 0.222. The zero-order valence-electron chi connectivity index (χ0n) is 18.3. The van der Waals surface area contributed by atoms with E-state index in [-0.39, 0.29) is 11.5 Å². The number of nitrogens with one attached hydrogen (secondary N) is 1. The van der Waals surface area contributed by atoms with Crippen molar-refractivity contribution in [1.29, 1.82) is 0 Å². The van der Waals surface area contributed by atoms with E-state index in [0.717, 1.165) is 53.8 Å². The van der Waals surface area contributed by atoms with Gasteiger partial charge >= 0.3 is 0 Å². The van der Waals surface area contributed by atoms with Gasteiger partial charge in [-0.1, -0.05) is 92.9 Å². The predicted octanol–water partition coefficient (Wildman–Crippen LogP) is 5.99. The Hall–Kier alpha value is -3.73. The molecule has 0 bridgehead atoms. The smallest absolute Gasteiger partial charge is 0.185 e. The number of rotatable bonds is 8. The molecular weight excluding hydrogens is 398 g/mol. The van der Waals surface area contributed by atoms with E-state index in [0.29, 0.717) is 5.69 Å². The number of nitrogens with zero attached hydrogens (tertiary/aromatic N) is 2. The summed E-state index contributed by atoms with van der Waals surface area (Å²) in [7, 11) is 0. The molecule has 0 spiro atoms. The highest BCUT2D eigenvalue weighted by molar-refractivity contribution is 6.13. The highest BCUT2D eigenvalue weighted by Gasteiger charge is 2.22. The molecule has 0 radical (unpaired) electrons. The summed E-state index contributed by atoms with van der Waals surface area (Å²) in [5.74, 6) is -0.246. The van der Waals surface area contributed by atoms with Crippen molar-refractivity contribution < 1.29 is 10.2 Å². The zero-order valence-corrected chi connectivity index (χ0v) is 18.3. The van der Waals surface area contributed by atoms with E-state index in [1.807, 2.05) is 72.8 Å². The molecule has 0 saturated heterocycles. The van der Waals surface area contributed by atoms with Crippen LogP contribution in [0.2, 0.25) is 0 Å². The highest BCUT2D eigenvalue weighted by Crippen LogP contribution is 2.40. The van der Waals surface area contributed by atoms with Crippen LogP contribution >= 0.6 is 0 Å². The Morgan fingerprint density at radius 1 is 0.781 bits per heavy atom. The van der Waals surface area contributed by atoms with Crippen molar-refractivity contribution in [2.45, 2.75) is 39.0 Å². The molecule has 0 amide bonds. The van der Waals surface area contributed by atoms with Gasteiger partial charge in [-0.15, -0.1) is 0 Å². The molecule has 32 heavy (non-hydrogen) atoms. The first kappa shape index (κ1) is 21.5. The summed E-state index contributed by atoms with van der Waals surface area (Å²) < 4.78 is 0. The van der Waals surface area contributed by atoms with E-state index >= 15 is 0 Å². The Morgan fingerprint density at radius 3 is 2.16 bits per heavy atom. The van der Waals surface area contributed by atoms with Crippen LogP contribution in [0.15, 0.2) is 84.0 Å². The minimum atomic E-state index is -0.170. The van der Waals surface area contributed by atoms with Gasteiger partial charge < -0.3 is 10.2 Å². The second-order valence-electron chi connectivity index (χ2n) is 7.95. The minimum absolute atomic E-state index is 0.0759. The van der Waals surface area contributed by atoms with E-state index in [9.17, 15) is 10.2 Å². The molecule has 1 aliphatic rings. The van der Waals surface area contributed by atoms with Crippen molar-refractivity contribution in [2.75, 3.05) is 5.12 Å². The highest BCUT2D eigenvalue weighted by atomic mass is 16.3. The molecule has 3 aromatic carbocycles. The van der Waals surface area contributed by atoms with Crippen molar-refractivity contribution in [1.82, 2.24) is 5.43 Å². The number of anilines is 1. The van der Waals surface area contributed by atoms with Crippen molar-refractivity contribution in [3.8, 4) is 11.5 Å². The lowest BCUT2D eigenvalue weighted by molar-refractivity contribution is 0.398. The predicted molar refractivity (Wildman–Crippen MR) is 131 cm³/mol. The maximum atomic E-state index is 10.8. The summed E-state index contributed by atoms with van der Waals surface area (Å²) in [4.78, 5) is 0. The van der Waals surface area contributed by atoms with Crippen LogP contribution in [-0.2, 0) is 6.42 Å². The number of phenols is 2. The van der Waals surface area contributed by atoms with Crippen LogP contribution in [0.5, 0.6) is 11.5 Å². The number of hydrogen-bond acceptors (Lipinski definition) is 5. The van der Waals surface area contributed by atoms with E-state index in [1.165, 1.54) is 11.5 Å². The van der Waals surface area contributed by atoms with Crippen LogP contribution in [-0.4, -0.2) is 15.9 Å². The number of aryl methyl sites for hydroxylation is 1. The molecule has 0 unspecified atom stereocenters. The number of unbranched alkanes of at least 4 members (excludes halogenated alkanes) is 3. The standard InChI is InChI=1S/C27H29N3O2/c1-2-3-4-7-16-22-17-18-25(27(32)26(22)31)30-28-23(20-12-8-5-9-13-20)19-24(29-30)21-14-10-6-11-15-21/h5-6,8-15,17-19,28,31-32H,2-4,7,16H2,1H3. The van der Waals surface area contributed by atoms with E-state index in [4.69, 9.17) is 5.10 Å². The lowest BCUT2D eigenvalue weighted by Gasteiger charge is -2.28. The summed E-state index contributed by atoms with van der Waals surface area (Å²) in [6.45, 7) is 2.17. The van der Waals surface area contributed by atoms with Gasteiger partial charge in [-0.25, -0.2) is 0 Å². The van der Waals surface area contributed by atoms with Crippen LogP contribution in [0.4, 0.5) is 5.69 Å². The summed E-state index contributed by atoms with van der Waals surface area (Å²) in [6.07, 6.45) is 7.16. The van der Waals surface area contributed by atoms with Gasteiger partial charge in [0.2, 0.25) is 0 Å². The molecule has 0 atom stereocenters. The number of hydrazone groups is 1. The fourth-order valence-electron chi connectivity index (χ4n) is 3.80. The quantitative estimate of drug-likeness (QED) is 0.305. The third-order valence-electron chi connectivity index (χ3n) is 5.61. The van der Waals surface area contributed by atoms with Gasteiger partial charge in [0.25, 0.3) is 0 Å². The van der Waals surface area contributed by atoms with Gasteiger partial charge in [-0.2, -0.15) is 10.2 Å². The topological polar surface area (TPSA) is 68.1 Å². The molecule has 164 valence electrons. The third kappa shape index (κ3) is 4.78. The van der Waals surface area contributed by atoms with Crippen molar-refractivity contribution in [3.63, 3.8) is 0 Å². The lowest BCUT2D eigenvalue weighted by Crippen LogP contribution is -2.36. The molecule has 1 aliphatic heterocycles. The second kappa shape index (κ2) is 10.1. The molecule has 3 N–H and O–H groups in total. The Balaban J connectivity index is 1.67. The number of hydrogen-bond donors (Lipinski definition) is 3. The van der Waals surface area contributed by atoms with Crippen molar-refractivity contribution >= 4 is 17.1 Å². The third-order valence-corrected chi connectivity index (χ3v) is 5.61. The monoisotopic (exact) mass is 427 g/mol. The maximum Gasteiger partial charge on any atom is 0.185 e. The maximum absolute atomic E-state index is 10.8. The largest absolute Gasteiger partial charge is 0.504 e. The van der Waals surface area contributed by atoms with Crippen molar-refractivity contribution in [3.05, 3.63) is 95.6 Å².